The van der Waals surface area contributed by atoms with E-state index < -0.39 is 0 Å². The molecule has 1 N–H and O–H groups in total. The predicted molar refractivity (Wildman–Crippen MR) is 110 cm³/mol. The zero-order valence-corrected chi connectivity index (χ0v) is 15.8. The Kier molecular flexibility index (Phi) is 5.35. The van der Waals surface area contributed by atoms with Gasteiger partial charge in [0.25, 0.3) is 0 Å². The third-order valence-electron chi connectivity index (χ3n) is 4.35. The van der Waals surface area contributed by atoms with Crippen LogP contribution in [-0.4, -0.2) is 21.1 Å². The summed E-state index contributed by atoms with van der Waals surface area (Å²) in [4.78, 5) is 8.81. The summed E-state index contributed by atoms with van der Waals surface area (Å²) in [5, 5.41) is 4.04. The topological polar surface area (TPSA) is 42.7 Å². The van der Waals surface area contributed by atoms with Gasteiger partial charge in [0.1, 0.15) is 11.6 Å². The normalized spacial score (nSPS) is 10.8. The Bertz CT molecular complexity index is 981. The van der Waals surface area contributed by atoms with Gasteiger partial charge in [0.15, 0.2) is 0 Å². The van der Waals surface area contributed by atoms with Gasteiger partial charge in [-0.05, 0) is 60.7 Å². The van der Waals surface area contributed by atoms with Gasteiger partial charge in [-0.15, -0.1) is 0 Å². The van der Waals surface area contributed by atoms with E-state index in [1.54, 1.807) is 24.5 Å². The van der Waals surface area contributed by atoms with Crippen molar-refractivity contribution in [3.8, 4) is 17.1 Å². The van der Waals surface area contributed by atoms with Gasteiger partial charge in [0.2, 0.25) is 0 Å². The molecule has 0 aliphatic carbocycles. The van der Waals surface area contributed by atoms with Crippen molar-refractivity contribution in [1.82, 2.24) is 14.5 Å². The summed E-state index contributed by atoms with van der Waals surface area (Å²) in [6.45, 7) is 0.741. The van der Waals surface area contributed by atoms with Gasteiger partial charge in [0, 0.05) is 53.5 Å². The number of halogens is 2. The molecule has 0 aliphatic heterocycles. The van der Waals surface area contributed by atoms with Crippen LogP contribution in [0, 0.1) is 5.82 Å². The van der Waals surface area contributed by atoms with Crippen LogP contribution in [0.3, 0.4) is 0 Å². The minimum atomic E-state index is -0.268. The lowest BCUT2D eigenvalue weighted by molar-refractivity contribution is 0.628. The highest BCUT2D eigenvalue weighted by atomic mass is 35.5. The maximum atomic E-state index is 13.3. The molecule has 4 rings (SSSR count). The van der Waals surface area contributed by atoms with Gasteiger partial charge in [-0.2, -0.15) is 0 Å². The van der Waals surface area contributed by atoms with Crippen molar-refractivity contribution in [3.05, 3.63) is 95.8 Å². The first kappa shape index (κ1) is 18.2. The van der Waals surface area contributed by atoms with E-state index in [-0.39, 0.29) is 5.82 Å². The Morgan fingerprint density at radius 2 is 1.64 bits per heavy atom. The largest absolute Gasteiger partial charge is 0.385 e. The molecule has 0 spiro atoms. The van der Waals surface area contributed by atoms with E-state index in [0.29, 0.717) is 5.02 Å². The first-order chi connectivity index (χ1) is 13.7. The first-order valence-corrected chi connectivity index (χ1v) is 9.31. The Balaban J connectivity index is 1.61. The summed E-state index contributed by atoms with van der Waals surface area (Å²) in [5.41, 5.74) is 3.76. The lowest BCUT2D eigenvalue weighted by atomic mass is 10.2. The number of anilines is 1. The molecule has 0 radical (unpaired) electrons. The summed E-state index contributed by atoms with van der Waals surface area (Å²) in [7, 11) is 0. The van der Waals surface area contributed by atoms with Crippen molar-refractivity contribution >= 4 is 17.3 Å². The molecule has 2 aromatic carbocycles. The van der Waals surface area contributed by atoms with E-state index in [1.165, 1.54) is 12.1 Å². The zero-order chi connectivity index (χ0) is 19.3. The average Bonchev–Trinajstić information content (AvgIpc) is 3.14. The molecule has 0 atom stereocenters. The fourth-order valence-electron chi connectivity index (χ4n) is 2.96. The Hall–Kier alpha value is -3.18. The van der Waals surface area contributed by atoms with Crippen molar-refractivity contribution in [2.24, 2.45) is 0 Å². The highest BCUT2D eigenvalue weighted by Gasteiger charge is 2.12. The SMILES string of the molecule is Fc1ccc(-c2nc(CCNc3ccncc3)cn2-c2ccc(Cl)cc2)cc1. The van der Waals surface area contributed by atoms with Crippen LogP contribution >= 0.6 is 11.6 Å². The lowest BCUT2D eigenvalue weighted by Gasteiger charge is -2.08. The molecule has 2 heterocycles. The van der Waals surface area contributed by atoms with Crippen molar-refractivity contribution in [2.75, 3.05) is 11.9 Å². The van der Waals surface area contributed by atoms with Crippen LogP contribution in [0.5, 0.6) is 0 Å². The molecule has 4 aromatic rings. The Labute approximate surface area is 167 Å². The van der Waals surface area contributed by atoms with Gasteiger partial charge in [0.05, 0.1) is 5.69 Å². The lowest BCUT2D eigenvalue weighted by Crippen LogP contribution is -2.05. The van der Waals surface area contributed by atoms with Gasteiger partial charge >= 0.3 is 0 Å². The van der Waals surface area contributed by atoms with Crippen LogP contribution in [0.25, 0.3) is 17.1 Å². The van der Waals surface area contributed by atoms with E-state index in [2.05, 4.69) is 10.3 Å². The number of hydrogen-bond acceptors (Lipinski definition) is 3. The molecule has 140 valence electrons. The number of nitrogens with one attached hydrogen (secondary N) is 1. The fourth-order valence-corrected chi connectivity index (χ4v) is 3.08. The molecule has 28 heavy (non-hydrogen) atoms. The highest BCUT2D eigenvalue weighted by Crippen LogP contribution is 2.24. The summed E-state index contributed by atoms with van der Waals surface area (Å²) in [6, 6.07) is 17.8. The number of rotatable bonds is 6. The third-order valence-corrected chi connectivity index (χ3v) is 4.61. The molecule has 6 heteroatoms. The molecule has 2 aromatic heterocycles. The van der Waals surface area contributed by atoms with E-state index in [1.807, 2.05) is 47.2 Å². The number of nitrogens with zero attached hydrogens (tertiary/aromatic N) is 3. The fraction of sp³-hybridized carbons (Fsp3) is 0.0909. The molecule has 0 amide bonds. The summed E-state index contributed by atoms with van der Waals surface area (Å²) < 4.78 is 15.4. The second kappa shape index (κ2) is 8.23. The predicted octanol–water partition coefficient (Wildman–Crippen LogP) is 5.38. The molecule has 0 fully saturated rings. The second-order valence-corrected chi connectivity index (χ2v) is 6.76. The standard InChI is InChI=1S/C22H18ClFN4/c23-17-3-7-21(8-4-17)28-15-20(11-14-26-19-9-12-25-13-10-19)27-22(28)16-1-5-18(24)6-2-16/h1-10,12-13,15H,11,14H2,(H,25,26). The number of pyridine rings is 1. The molecular formula is C22H18ClFN4. The molecule has 0 aliphatic rings. The van der Waals surface area contributed by atoms with Gasteiger partial charge in [-0.25, -0.2) is 9.37 Å². The molecule has 0 saturated carbocycles. The van der Waals surface area contributed by atoms with E-state index in [9.17, 15) is 4.39 Å². The first-order valence-electron chi connectivity index (χ1n) is 8.93. The van der Waals surface area contributed by atoms with Crippen molar-refractivity contribution in [3.63, 3.8) is 0 Å². The van der Waals surface area contributed by atoms with E-state index in [0.717, 1.165) is 41.4 Å². The van der Waals surface area contributed by atoms with E-state index in [4.69, 9.17) is 16.6 Å². The smallest absolute Gasteiger partial charge is 0.144 e. The maximum absolute atomic E-state index is 13.3. The molecule has 4 nitrogen and oxygen atoms in total. The second-order valence-electron chi connectivity index (χ2n) is 6.32. The number of benzene rings is 2. The monoisotopic (exact) mass is 392 g/mol. The van der Waals surface area contributed by atoms with Crippen LogP contribution < -0.4 is 5.32 Å². The average molecular weight is 393 g/mol. The third kappa shape index (κ3) is 4.21. The summed E-state index contributed by atoms with van der Waals surface area (Å²) >= 11 is 6.03. The van der Waals surface area contributed by atoms with Crippen LogP contribution in [0.1, 0.15) is 5.69 Å². The zero-order valence-electron chi connectivity index (χ0n) is 15.0. The molecular weight excluding hydrogens is 375 g/mol. The minimum Gasteiger partial charge on any atom is -0.385 e. The van der Waals surface area contributed by atoms with Crippen molar-refractivity contribution in [2.45, 2.75) is 6.42 Å². The quantitative estimate of drug-likeness (QED) is 0.479. The van der Waals surface area contributed by atoms with Gasteiger partial charge < -0.3 is 5.32 Å². The molecule has 0 saturated heterocycles. The Morgan fingerprint density at radius 3 is 2.36 bits per heavy atom. The van der Waals surface area contributed by atoms with Gasteiger partial charge in [-0.3, -0.25) is 9.55 Å². The highest BCUT2D eigenvalue weighted by molar-refractivity contribution is 6.30. The van der Waals surface area contributed by atoms with Crippen LogP contribution in [0.15, 0.2) is 79.3 Å². The Morgan fingerprint density at radius 1 is 0.929 bits per heavy atom. The van der Waals surface area contributed by atoms with E-state index >= 15 is 0 Å². The number of aromatic nitrogens is 3. The van der Waals surface area contributed by atoms with Gasteiger partial charge in [-0.1, -0.05) is 11.6 Å². The van der Waals surface area contributed by atoms with Crippen molar-refractivity contribution < 1.29 is 4.39 Å². The summed E-state index contributed by atoms with van der Waals surface area (Å²) in [6.07, 6.45) is 6.27. The van der Waals surface area contributed by atoms with Crippen molar-refractivity contribution in [1.29, 1.82) is 0 Å². The number of imidazole rings is 1. The van der Waals surface area contributed by atoms with Crippen LogP contribution in [0.4, 0.5) is 10.1 Å². The summed E-state index contributed by atoms with van der Waals surface area (Å²) in [5.74, 6) is 0.497. The van der Waals surface area contributed by atoms with Crippen LogP contribution in [0.2, 0.25) is 5.02 Å². The van der Waals surface area contributed by atoms with Crippen LogP contribution in [-0.2, 0) is 6.42 Å². The molecule has 0 unspecified atom stereocenters. The number of hydrogen-bond donors (Lipinski definition) is 1. The minimum absolute atomic E-state index is 0.268. The maximum Gasteiger partial charge on any atom is 0.144 e. The molecule has 0 bridgehead atoms.